The second-order valence-electron chi connectivity index (χ2n) is 6.08. The molecule has 0 spiro atoms. The third-order valence-electron chi connectivity index (χ3n) is 4.16. The van der Waals surface area contributed by atoms with Gasteiger partial charge in [0.2, 0.25) is 0 Å². The number of carbonyl (C=O) groups excluding carboxylic acids is 1. The molecule has 24 heavy (non-hydrogen) atoms. The van der Waals surface area contributed by atoms with Gasteiger partial charge in [0.05, 0.1) is 23.0 Å². The number of ether oxygens (including phenoxy) is 1. The van der Waals surface area contributed by atoms with Crippen molar-refractivity contribution >= 4 is 17.5 Å². The summed E-state index contributed by atoms with van der Waals surface area (Å²) in [7, 11) is 0. The topological polar surface area (TPSA) is 77.2 Å². The van der Waals surface area contributed by atoms with Crippen molar-refractivity contribution in [3.05, 3.63) is 40.6 Å². The molecule has 0 saturated heterocycles. The third-order valence-corrected chi connectivity index (χ3v) is 4.36. The monoisotopic (exact) mass is 349 g/mol. The summed E-state index contributed by atoms with van der Waals surface area (Å²) in [5.74, 6) is 1.33. The van der Waals surface area contributed by atoms with Crippen molar-refractivity contribution in [1.82, 2.24) is 15.3 Å². The molecule has 0 aromatic carbocycles. The van der Waals surface area contributed by atoms with E-state index in [0.717, 1.165) is 31.4 Å². The normalized spacial score (nSPS) is 20.6. The highest BCUT2D eigenvalue weighted by molar-refractivity contribution is 6.30. The van der Waals surface area contributed by atoms with Crippen LogP contribution >= 0.6 is 11.6 Å². The zero-order chi connectivity index (χ0) is 17.1. The number of nitrogens with zero attached hydrogens (tertiary/aromatic N) is 2. The van der Waals surface area contributed by atoms with Crippen LogP contribution in [0.4, 0.5) is 0 Å². The number of halogens is 1. The van der Waals surface area contributed by atoms with Crippen LogP contribution in [0.3, 0.4) is 0 Å². The van der Waals surface area contributed by atoms with E-state index in [2.05, 4.69) is 15.3 Å². The molecule has 1 aliphatic rings. The Kier molecular flexibility index (Phi) is 5.04. The number of nitrogens with one attached hydrogen (secondary N) is 1. The molecule has 2 aromatic heterocycles. The van der Waals surface area contributed by atoms with E-state index < -0.39 is 0 Å². The Hall–Kier alpha value is -2.08. The molecule has 128 valence electrons. The van der Waals surface area contributed by atoms with Gasteiger partial charge in [-0.2, -0.15) is 0 Å². The molecule has 0 aliphatic heterocycles. The van der Waals surface area contributed by atoms with Gasteiger partial charge in [-0.15, -0.1) is 0 Å². The number of rotatable bonds is 4. The highest BCUT2D eigenvalue weighted by Crippen LogP contribution is 2.23. The molecular formula is C17H20ClN3O3. The predicted octanol–water partition coefficient (Wildman–Crippen LogP) is 3.46. The van der Waals surface area contributed by atoms with Gasteiger partial charge in [-0.25, -0.2) is 9.97 Å². The van der Waals surface area contributed by atoms with Crippen LogP contribution in [-0.2, 0) is 0 Å². The lowest BCUT2D eigenvalue weighted by atomic mass is 9.92. The van der Waals surface area contributed by atoms with Gasteiger partial charge in [0.1, 0.15) is 17.6 Å². The Morgan fingerprint density at radius 3 is 2.50 bits per heavy atom. The van der Waals surface area contributed by atoms with Gasteiger partial charge in [0, 0.05) is 6.04 Å². The molecule has 0 unspecified atom stereocenters. The minimum Gasteiger partial charge on any atom is -0.466 e. The van der Waals surface area contributed by atoms with Crippen LogP contribution in [-0.4, -0.2) is 28.0 Å². The molecule has 1 fully saturated rings. The number of hydrogen-bond acceptors (Lipinski definition) is 5. The number of amides is 1. The highest BCUT2D eigenvalue weighted by atomic mass is 35.5. The fraction of sp³-hybridized carbons (Fsp3) is 0.471. The van der Waals surface area contributed by atoms with E-state index in [1.807, 2.05) is 6.92 Å². The zero-order valence-corrected chi connectivity index (χ0v) is 14.5. The molecule has 1 amide bonds. The number of hydrogen-bond donors (Lipinski definition) is 1. The van der Waals surface area contributed by atoms with Crippen LogP contribution in [0.1, 0.15) is 47.6 Å². The number of aromatic nitrogens is 2. The van der Waals surface area contributed by atoms with Crippen molar-refractivity contribution in [1.29, 1.82) is 0 Å². The van der Waals surface area contributed by atoms with Crippen molar-refractivity contribution in [3.63, 3.8) is 0 Å². The zero-order valence-electron chi connectivity index (χ0n) is 13.7. The molecule has 3 rings (SSSR count). The first-order chi connectivity index (χ1) is 11.5. The maximum atomic E-state index is 12.3. The van der Waals surface area contributed by atoms with Gasteiger partial charge in [-0.05, 0) is 45.6 Å². The van der Waals surface area contributed by atoms with Crippen molar-refractivity contribution < 1.29 is 13.9 Å². The van der Waals surface area contributed by atoms with E-state index >= 15 is 0 Å². The minimum atomic E-state index is -0.0743. The Bertz CT molecular complexity index is 706. The van der Waals surface area contributed by atoms with Gasteiger partial charge in [0.25, 0.3) is 5.91 Å². The first-order valence-corrected chi connectivity index (χ1v) is 8.41. The summed E-state index contributed by atoms with van der Waals surface area (Å²) in [5.41, 5.74) is 0.612. The smallest absolute Gasteiger partial charge is 0.316 e. The van der Waals surface area contributed by atoms with E-state index in [1.165, 1.54) is 12.4 Å². The Morgan fingerprint density at radius 2 is 1.92 bits per heavy atom. The molecular weight excluding hydrogens is 330 g/mol. The third kappa shape index (κ3) is 4.06. The van der Waals surface area contributed by atoms with Crippen molar-refractivity contribution in [2.45, 2.75) is 51.7 Å². The number of carbonyl (C=O) groups is 1. The average Bonchev–Trinajstić information content (AvgIpc) is 2.90. The highest BCUT2D eigenvalue weighted by Gasteiger charge is 2.25. The van der Waals surface area contributed by atoms with Gasteiger partial charge in [-0.1, -0.05) is 11.6 Å². The second kappa shape index (κ2) is 7.21. The summed E-state index contributed by atoms with van der Waals surface area (Å²) in [5, 5.41) is 3.56. The number of aryl methyl sites for hydroxylation is 2. The van der Waals surface area contributed by atoms with Crippen LogP contribution in [0.15, 0.2) is 22.9 Å². The molecule has 0 radical (unpaired) electrons. The lowest BCUT2D eigenvalue weighted by Crippen LogP contribution is -2.39. The molecule has 6 nitrogen and oxygen atoms in total. The fourth-order valence-electron chi connectivity index (χ4n) is 2.95. The molecule has 0 atom stereocenters. The second-order valence-corrected chi connectivity index (χ2v) is 6.51. The summed E-state index contributed by atoms with van der Waals surface area (Å²) in [4.78, 5) is 20.4. The molecule has 1 N–H and O–H groups in total. The average molecular weight is 350 g/mol. The molecule has 1 aliphatic carbocycles. The summed E-state index contributed by atoms with van der Waals surface area (Å²) in [6.07, 6.45) is 6.52. The Balaban J connectivity index is 1.49. The Labute approximate surface area is 145 Å². The van der Waals surface area contributed by atoms with E-state index in [-0.39, 0.29) is 18.1 Å². The van der Waals surface area contributed by atoms with Gasteiger partial charge < -0.3 is 14.5 Å². The number of furan rings is 1. The quantitative estimate of drug-likeness (QED) is 0.914. The van der Waals surface area contributed by atoms with Crippen LogP contribution < -0.4 is 10.1 Å². The maximum absolute atomic E-state index is 12.3. The summed E-state index contributed by atoms with van der Waals surface area (Å²) in [6.45, 7) is 3.64. The maximum Gasteiger partial charge on any atom is 0.316 e. The SMILES string of the molecule is Cc1cc(C(=O)NC2CCC(Oc3ncc(Cl)cn3)CC2)c(C)o1. The van der Waals surface area contributed by atoms with Crippen LogP contribution in [0.25, 0.3) is 0 Å². The Morgan fingerprint density at radius 1 is 1.25 bits per heavy atom. The van der Waals surface area contributed by atoms with Crippen LogP contribution in [0, 0.1) is 13.8 Å². The molecule has 2 aromatic rings. The van der Waals surface area contributed by atoms with Gasteiger partial charge in [-0.3, -0.25) is 4.79 Å². The van der Waals surface area contributed by atoms with Crippen LogP contribution in [0.2, 0.25) is 5.02 Å². The van der Waals surface area contributed by atoms with Crippen molar-refractivity contribution in [3.8, 4) is 6.01 Å². The lowest BCUT2D eigenvalue weighted by molar-refractivity contribution is 0.0883. The van der Waals surface area contributed by atoms with Crippen molar-refractivity contribution in [2.75, 3.05) is 0 Å². The lowest BCUT2D eigenvalue weighted by Gasteiger charge is -2.28. The van der Waals surface area contributed by atoms with E-state index in [1.54, 1.807) is 13.0 Å². The van der Waals surface area contributed by atoms with Crippen molar-refractivity contribution in [2.24, 2.45) is 0 Å². The first kappa shape index (κ1) is 16.8. The van der Waals surface area contributed by atoms with Gasteiger partial charge >= 0.3 is 6.01 Å². The van der Waals surface area contributed by atoms with Crippen LogP contribution in [0.5, 0.6) is 6.01 Å². The summed E-state index contributed by atoms with van der Waals surface area (Å²) in [6, 6.07) is 2.27. The van der Waals surface area contributed by atoms with E-state index in [0.29, 0.717) is 22.4 Å². The molecule has 1 saturated carbocycles. The summed E-state index contributed by atoms with van der Waals surface area (Å²) < 4.78 is 11.2. The standard InChI is InChI=1S/C17H20ClN3O3/c1-10-7-15(11(2)23-10)16(22)21-13-3-5-14(6-4-13)24-17-19-8-12(18)9-20-17/h7-9,13-14H,3-6H2,1-2H3,(H,21,22). The minimum absolute atomic E-state index is 0.0669. The summed E-state index contributed by atoms with van der Waals surface area (Å²) >= 11 is 5.76. The molecule has 2 heterocycles. The molecule has 7 heteroatoms. The predicted molar refractivity (Wildman–Crippen MR) is 89.4 cm³/mol. The first-order valence-electron chi connectivity index (χ1n) is 8.03. The van der Waals surface area contributed by atoms with E-state index in [9.17, 15) is 4.79 Å². The van der Waals surface area contributed by atoms with Gasteiger partial charge in [0.15, 0.2) is 0 Å². The fourth-order valence-corrected chi connectivity index (χ4v) is 3.05. The van der Waals surface area contributed by atoms with E-state index in [4.69, 9.17) is 20.8 Å². The largest absolute Gasteiger partial charge is 0.466 e. The molecule has 0 bridgehead atoms.